The Morgan fingerprint density at radius 3 is 2.57 bits per heavy atom. The van der Waals surface area contributed by atoms with Crippen LogP contribution in [-0.2, 0) is 9.53 Å². The van der Waals surface area contributed by atoms with Crippen LogP contribution in [0, 0.1) is 11.3 Å². The van der Waals surface area contributed by atoms with Crippen LogP contribution in [0.4, 0.5) is 13.6 Å². The molecule has 1 unspecified atom stereocenters. The Hall–Kier alpha value is -2.89. The van der Waals surface area contributed by atoms with E-state index in [9.17, 15) is 18.4 Å². The van der Waals surface area contributed by atoms with Crippen LogP contribution in [0.1, 0.15) is 45.6 Å². The summed E-state index contributed by atoms with van der Waals surface area (Å²) in [5, 5.41) is 11.1. The molecular weight excluding hydrogens is 372 g/mol. The smallest absolute Gasteiger partial charge is 0.444 e. The van der Waals surface area contributed by atoms with Gasteiger partial charge in [0, 0.05) is 6.54 Å². The van der Waals surface area contributed by atoms with Gasteiger partial charge < -0.3 is 14.8 Å². The van der Waals surface area contributed by atoms with Gasteiger partial charge in [0.05, 0.1) is 5.56 Å². The van der Waals surface area contributed by atoms with Crippen molar-refractivity contribution >= 4 is 12.0 Å². The molecule has 7 nitrogen and oxygen atoms in total. The molecule has 1 aromatic rings. The molecule has 1 heterocycles. The highest BCUT2D eigenvalue weighted by Crippen LogP contribution is 2.26. The predicted octanol–water partition coefficient (Wildman–Crippen LogP) is 3.39. The number of hydrogen-bond donors (Lipinski definition) is 1. The first-order chi connectivity index (χ1) is 13.0. The van der Waals surface area contributed by atoms with Crippen LogP contribution in [0.3, 0.4) is 0 Å². The van der Waals surface area contributed by atoms with Crippen molar-refractivity contribution in [3.8, 4) is 11.8 Å². The number of alkyl halides is 2. The molecule has 1 aliphatic rings. The third-order valence-corrected chi connectivity index (χ3v) is 3.94. The molecule has 0 aromatic heterocycles. The highest BCUT2D eigenvalue weighted by atomic mass is 19.3. The van der Waals surface area contributed by atoms with Gasteiger partial charge in [0.15, 0.2) is 0 Å². The Kier molecular flexibility index (Phi) is 6.44. The first-order valence-corrected chi connectivity index (χ1v) is 8.90. The second-order valence-corrected chi connectivity index (χ2v) is 7.39. The molecule has 2 rings (SSSR count). The number of benzene rings is 1. The lowest BCUT2D eigenvalue weighted by Gasteiger charge is -2.37. The summed E-state index contributed by atoms with van der Waals surface area (Å²) in [4.78, 5) is 25.7. The van der Waals surface area contributed by atoms with Crippen LogP contribution in [0.15, 0.2) is 24.3 Å². The highest BCUT2D eigenvalue weighted by molar-refractivity contribution is 5.83. The molecular formula is C19H23F2N3O4. The molecule has 0 aliphatic carbocycles. The zero-order valence-electron chi connectivity index (χ0n) is 16.0. The molecule has 0 spiro atoms. The van der Waals surface area contributed by atoms with E-state index in [0.29, 0.717) is 19.3 Å². The summed E-state index contributed by atoms with van der Waals surface area (Å²) < 4.78 is 38.4. The second kappa shape index (κ2) is 8.42. The van der Waals surface area contributed by atoms with E-state index in [1.54, 1.807) is 26.8 Å². The number of carbonyl (C=O) groups excluding carboxylic acids is 2. The number of halogens is 2. The standard InChI is InChI=1S/C19H23F2N3O4/c1-18(2,3)28-17(26)24-11-7-6-10-15(24)23-16(25)19(20,21)27-14-9-5-4-8-13(14)12-22/h4-5,8-9,15H,6-7,10-11H2,1-3H3,(H,23,25). The quantitative estimate of drug-likeness (QED) is 0.844. The topological polar surface area (TPSA) is 91.7 Å². The van der Waals surface area contributed by atoms with Gasteiger partial charge in [-0.25, -0.2) is 4.79 Å². The maximum Gasteiger partial charge on any atom is 0.482 e. The van der Waals surface area contributed by atoms with E-state index in [4.69, 9.17) is 10.00 Å². The van der Waals surface area contributed by atoms with Crippen molar-refractivity contribution in [2.75, 3.05) is 6.54 Å². The number of hydrogen-bond acceptors (Lipinski definition) is 5. The zero-order chi connectivity index (χ0) is 20.9. The molecule has 0 bridgehead atoms. The van der Waals surface area contributed by atoms with Gasteiger partial charge in [0.25, 0.3) is 0 Å². The van der Waals surface area contributed by atoms with Gasteiger partial charge in [-0.2, -0.15) is 14.0 Å². The number of nitrogens with one attached hydrogen (secondary N) is 1. The summed E-state index contributed by atoms with van der Waals surface area (Å²) in [6.45, 7) is 5.36. The third-order valence-electron chi connectivity index (χ3n) is 3.94. The van der Waals surface area contributed by atoms with Crippen LogP contribution in [0.2, 0.25) is 0 Å². The van der Waals surface area contributed by atoms with Crippen molar-refractivity contribution in [1.29, 1.82) is 5.26 Å². The van der Waals surface area contributed by atoms with E-state index in [0.717, 1.165) is 0 Å². The summed E-state index contributed by atoms with van der Waals surface area (Å²) in [6, 6.07) is 7.10. The molecule has 9 heteroatoms. The van der Waals surface area contributed by atoms with Gasteiger partial charge >= 0.3 is 18.1 Å². The number of nitrogens with zero attached hydrogens (tertiary/aromatic N) is 2. The zero-order valence-corrected chi connectivity index (χ0v) is 16.0. The fourth-order valence-electron chi connectivity index (χ4n) is 2.69. The van der Waals surface area contributed by atoms with Crippen molar-refractivity contribution in [1.82, 2.24) is 10.2 Å². The Balaban J connectivity index is 2.10. The van der Waals surface area contributed by atoms with Crippen molar-refractivity contribution in [3.63, 3.8) is 0 Å². The van der Waals surface area contributed by atoms with Gasteiger partial charge in [-0.05, 0) is 52.2 Å². The molecule has 152 valence electrons. The van der Waals surface area contributed by atoms with Crippen molar-refractivity contribution in [2.24, 2.45) is 0 Å². The molecule has 0 radical (unpaired) electrons. The maximum absolute atomic E-state index is 14.3. The van der Waals surface area contributed by atoms with Crippen molar-refractivity contribution in [2.45, 2.75) is 57.9 Å². The average molecular weight is 395 g/mol. The van der Waals surface area contributed by atoms with Gasteiger partial charge in [-0.15, -0.1) is 0 Å². The summed E-state index contributed by atoms with van der Waals surface area (Å²) >= 11 is 0. The van der Waals surface area contributed by atoms with E-state index in [2.05, 4.69) is 10.1 Å². The Labute approximate surface area is 162 Å². The second-order valence-electron chi connectivity index (χ2n) is 7.39. The average Bonchev–Trinajstić information content (AvgIpc) is 2.60. The molecule has 0 saturated carbocycles. The van der Waals surface area contributed by atoms with Gasteiger partial charge in [-0.1, -0.05) is 12.1 Å². The number of ether oxygens (including phenoxy) is 2. The Bertz CT molecular complexity index is 771. The van der Waals surface area contributed by atoms with E-state index in [1.165, 1.54) is 29.2 Å². The van der Waals surface area contributed by atoms with Crippen molar-refractivity contribution < 1.29 is 27.8 Å². The van der Waals surface area contributed by atoms with Crippen LogP contribution >= 0.6 is 0 Å². The Morgan fingerprint density at radius 2 is 1.93 bits per heavy atom. The van der Waals surface area contributed by atoms with Crippen LogP contribution in [-0.4, -0.2) is 41.3 Å². The SMILES string of the molecule is CC(C)(C)OC(=O)N1CCCCC1NC(=O)C(F)(F)Oc1ccccc1C#N. The molecule has 1 saturated heterocycles. The normalized spacial score (nSPS) is 17.4. The first kappa shape index (κ1) is 21.4. The number of rotatable bonds is 4. The molecule has 2 amide bonds. The first-order valence-electron chi connectivity index (χ1n) is 8.90. The fourth-order valence-corrected chi connectivity index (χ4v) is 2.69. The minimum absolute atomic E-state index is 0.122. The molecule has 1 aliphatic heterocycles. The molecule has 1 atom stereocenters. The number of carbonyl (C=O) groups is 2. The minimum Gasteiger partial charge on any atom is -0.444 e. The lowest BCUT2D eigenvalue weighted by Crippen LogP contribution is -2.58. The van der Waals surface area contributed by atoms with Gasteiger partial charge in [0.1, 0.15) is 23.6 Å². The molecule has 1 N–H and O–H groups in total. The number of amides is 2. The lowest BCUT2D eigenvalue weighted by atomic mass is 10.1. The molecule has 28 heavy (non-hydrogen) atoms. The lowest BCUT2D eigenvalue weighted by molar-refractivity contribution is -0.194. The Morgan fingerprint density at radius 1 is 1.25 bits per heavy atom. The highest BCUT2D eigenvalue weighted by Gasteiger charge is 2.45. The van der Waals surface area contributed by atoms with Gasteiger partial charge in [-0.3, -0.25) is 9.69 Å². The number of likely N-dealkylation sites (tertiary alicyclic amines) is 1. The third kappa shape index (κ3) is 5.55. The van der Waals surface area contributed by atoms with Gasteiger partial charge in [0.2, 0.25) is 0 Å². The van der Waals surface area contributed by atoms with E-state index >= 15 is 0 Å². The summed E-state index contributed by atoms with van der Waals surface area (Å²) in [5.74, 6) is -2.10. The largest absolute Gasteiger partial charge is 0.482 e. The van der Waals surface area contributed by atoms with E-state index < -0.39 is 35.6 Å². The number of piperidine rings is 1. The summed E-state index contributed by atoms with van der Waals surface area (Å²) in [7, 11) is 0. The van der Waals surface area contributed by atoms with E-state index in [-0.39, 0.29) is 12.1 Å². The fraction of sp³-hybridized carbons (Fsp3) is 0.526. The minimum atomic E-state index is -4.22. The summed E-state index contributed by atoms with van der Waals surface area (Å²) in [5.41, 5.74) is -0.875. The summed E-state index contributed by atoms with van der Waals surface area (Å²) in [6.07, 6.45) is -4.18. The van der Waals surface area contributed by atoms with E-state index in [1.807, 2.05) is 0 Å². The van der Waals surface area contributed by atoms with Crippen LogP contribution in [0.25, 0.3) is 0 Å². The monoisotopic (exact) mass is 395 g/mol. The molecule has 1 aromatic carbocycles. The van der Waals surface area contributed by atoms with Crippen LogP contribution < -0.4 is 10.1 Å². The molecule has 1 fully saturated rings. The maximum atomic E-state index is 14.3. The predicted molar refractivity (Wildman–Crippen MR) is 95.5 cm³/mol. The van der Waals surface area contributed by atoms with Crippen LogP contribution in [0.5, 0.6) is 5.75 Å². The number of para-hydroxylation sites is 1. The number of nitriles is 1. The van der Waals surface area contributed by atoms with Crippen molar-refractivity contribution in [3.05, 3.63) is 29.8 Å².